The second kappa shape index (κ2) is 11.7. The van der Waals surface area contributed by atoms with Crippen LogP contribution >= 0.6 is 24.0 Å². The molecule has 1 saturated heterocycles. The molecular weight excluding hydrogens is 455 g/mol. The number of nitrogens with zero attached hydrogens (tertiary/aromatic N) is 3. The van der Waals surface area contributed by atoms with E-state index in [1.807, 2.05) is 7.05 Å². The number of nitrogens with one attached hydrogen (secondary N) is 1. The molecule has 1 aromatic carbocycles. The largest absolute Gasteiger partial charge is 0.379 e. The number of likely N-dealkylation sites (N-methyl/N-ethyl adjacent to an activating group) is 1. The molecule has 0 atom stereocenters. The number of ether oxygens (including phenoxy) is 2. The highest BCUT2D eigenvalue weighted by atomic mass is 127. The zero-order chi connectivity index (χ0) is 18.2. The molecule has 6 nitrogen and oxygen atoms in total. The van der Waals surface area contributed by atoms with Gasteiger partial charge in [-0.2, -0.15) is 0 Å². The molecule has 0 aromatic heterocycles. The zero-order valence-corrected chi connectivity index (χ0v) is 18.9. The number of anilines is 1. The lowest BCUT2D eigenvalue weighted by Crippen LogP contribution is -2.40. The molecule has 1 N–H and O–H groups in total. The Morgan fingerprint density at radius 1 is 1.26 bits per heavy atom. The molecule has 0 radical (unpaired) electrons. The van der Waals surface area contributed by atoms with Crippen LogP contribution in [0.1, 0.15) is 18.4 Å². The lowest BCUT2D eigenvalue weighted by Gasteiger charge is -2.29. The molecule has 2 aliphatic rings. The van der Waals surface area contributed by atoms with Gasteiger partial charge < -0.3 is 24.6 Å². The second-order valence-corrected chi connectivity index (χ2v) is 7.11. The summed E-state index contributed by atoms with van der Waals surface area (Å²) in [6, 6.07) is 8.76. The first-order valence-electron chi connectivity index (χ1n) is 9.67. The molecule has 1 aromatic rings. The summed E-state index contributed by atoms with van der Waals surface area (Å²) in [6.07, 6.45) is 2.67. The smallest absolute Gasteiger partial charge is 0.193 e. The van der Waals surface area contributed by atoms with E-state index < -0.39 is 0 Å². The van der Waals surface area contributed by atoms with Crippen molar-refractivity contribution in [2.75, 3.05) is 65.1 Å². The second-order valence-electron chi connectivity index (χ2n) is 7.11. The van der Waals surface area contributed by atoms with Crippen LogP contribution in [-0.4, -0.2) is 71.0 Å². The molecule has 1 aliphatic heterocycles. The molecule has 0 spiro atoms. The summed E-state index contributed by atoms with van der Waals surface area (Å²) >= 11 is 0. The predicted molar refractivity (Wildman–Crippen MR) is 121 cm³/mol. The Bertz CT molecular complexity index is 572. The van der Waals surface area contributed by atoms with Crippen molar-refractivity contribution >= 4 is 35.6 Å². The van der Waals surface area contributed by atoms with E-state index in [1.165, 1.54) is 24.1 Å². The maximum absolute atomic E-state index is 5.72. The average molecular weight is 488 g/mol. The fourth-order valence-corrected chi connectivity index (χ4v) is 3.05. The summed E-state index contributed by atoms with van der Waals surface area (Å²) in [5.74, 6) is 1.72. The fraction of sp³-hybridized carbons (Fsp3) is 0.650. The number of benzene rings is 1. The molecule has 2 fully saturated rings. The predicted octanol–water partition coefficient (Wildman–Crippen LogP) is 2.58. The van der Waals surface area contributed by atoms with Gasteiger partial charge in [0.1, 0.15) is 0 Å². The van der Waals surface area contributed by atoms with Gasteiger partial charge in [-0.05, 0) is 36.5 Å². The van der Waals surface area contributed by atoms with Gasteiger partial charge in [-0.25, -0.2) is 0 Å². The lowest BCUT2D eigenvalue weighted by molar-refractivity contribution is 0.115. The van der Waals surface area contributed by atoms with Crippen molar-refractivity contribution < 1.29 is 9.47 Å². The molecule has 0 amide bonds. The van der Waals surface area contributed by atoms with E-state index in [-0.39, 0.29) is 24.0 Å². The van der Waals surface area contributed by atoms with Crippen molar-refractivity contribution in [1.82, 2.24) is 10.2 Å². The maximum atomic E-state index is 5.72. The van der Waals surface area contributed by atoms with E-state index in [0.29, 0.717) is 0 Å². The minimum absolute atomic E-state index is 0. The average Bonchev–Trinajstić information content (AvgIpc) is 3.51. The van der Waals surface area contributed by atoms with Crippen LogP contribution in [0.15, 0.2) is 29.3 Å². The number of hydrogen-bond acceptors (Lipinski definition) is 4. The highest BCUT2D eigenvalue weighted by Gasteiger charge is 2.21. The third-order valence-corrected chi connectivity index (χ3v) is 4.96. The topological polar surface area (TPSA) is 49.3 Å². The standard InChI is InChI=1S/C20H32N4O2.HI/c1-21-20(23(2)9-12-26-16-18-3-4-18)22-15-17-5-7-19(8-6-17)24-10-13-25-14-11-24;/h5-8,18H,3-4,9-16H2,1-2H3,(H,21,22);1H. The van der Waals surface area contributed by atoms with Crippen LogP contribution in [0, 0.1) is 5.92 Å². The lowest BCUT2D eigenvalue weighted by atomic mass is 10.2. The highest BCUT2D eigenvalue weighted by Crippen LogP contribution is 2.28. The molecule has 0 bridgehead atoms. The van der Waals surface area contributed by atoms with Crippen molar-refractivity contribution in [1.29, 1.82) is 0 Å². The summed E-state index contributed by atoms with van der Waals surface area (Å²) in [5.41, 5.74) is 2.52. The number of morpholine rings is 1. The van der Waals surface area contributed by atoms with Gasteiger partial charge in [-0.15, -0.1) is 24.0 Å². The molecule has 27 heavy (non-hydrogen) atoms. The highest BCUT2D eigenvalue weighted by molar-refractivity contribution is 14.0. The Morgan fingerprint density at radius 3 is 2.59 bits per heavy atom. The monoisotopic (exact) mass is 488 g/mol. The summed E-state index contributed by atoms with van der Waals surface area (Å²) in [5, 5.41) is 3.43. The Morgan fingerprint density at radius 2 is 1.96 bits per heavy atom. The van der Waals surface area contributed by atoms with Gasteiger partial charge in [-0.1, -0.05) is 12.1 Å². The molecule has 3 rings (SSSR count). The van der Waals surface area contributed by atoms with Crippen LogP contribution in [-0.2, 0) is 16.0 Å². The van der Waals surface area contributed by atoms with Gasteiger partial charge >= 0.3 is 0 Å². The van der Waals surface area contributed by atoms with Gasteiger partial charge in [0, 0.05) is 52.6 Å². The summed E-state index contributed by atoms with van der Waals surface area (Å²) < 4.78 is 11.1. The number of rotatable bonds is 8. The number of guanidine groups is 1. The number of halogens is 1. The van der Waals surface area contributed by atoms with Gasteiger partial charge in [0.2, 0.25) is 0 Å². The summed E-state index contributed by atoms with van der Waals surface area (Å²) in [7, 11) is 3.88. The van der Waals surface area contributed by atoms with E-state index in [0.717, 1.165) is 64.5 Å². The Kier molecular flexibility index (Phi) is 9.64. The Labute approximate surface area is 180 Å². The van der Waals surface area contributed by atoms with E-state index in [4.69, 9.17) is 9.47 Å². The molecule has 1 aliphatic carbocycles. The van der Waals surface area contributed by atoms with E-state index in [1.54, 1.807) is 0 Å². The number of hydrogen-bond donors (Lipinski definition) is 1. The SMILES string of the molecule is CN=C(NCc1ccc(N2CCOCC2)cc1)N(C)CCOCC1CC1.I. The van der Waals surface area contributed by atoms with Crippen molar-refractivity contribution in [3.8, 4) is 0 Å². The van der Waals surface area contributed by atoms with Crippen molar-refractivity contribution in [2.24, 2.45) is 10.9 Å². The van der Waals surface area contributed by atoms with Crippen LogP contribution in [0.3, 0.4) is 0 Å². The Hall–Kier alpha value is -1.06. The Balaban J connectivity index is 0.00000261. The number of aliphatic imine (C=N–C) groups is 1. The van der Waals surface area contributed by atoms with Crippen LogP contribution < -0.4 is 10.2 Å². The van der Waals surface area contributed by atoms with Gasteiger partial charge in [-0.3, -0.25) is 4.99 Å². The zero-order valence-electron chi connectivity index (χ0n) is 16.5. The maximum Gasteiger partial charge on any atom is 0.193 e. The summed E-state index contributed by atoms with van der Waals surface area (Å²) in [4.78, 5) is 8.86. The minimum atomic E-state index is 0. The van der Waals surface area contributed by atoms with E-state index >= 15 is 0 Å². The van der Waals surface area contributed by atoms with Gasteiger partial charge in [0.15, 0.2) is 5.96 Å². The van der Waals surface area contributed by atoms with Crippen molar-refractivity contribution in [3.63, 3.8) is 0 Å². The van der Waals surface area contributed by atoms with E-state index in [2.05, 4.69) is 51.4 Å². The first kappa shape index (κ1) is 22.2. The quantitative estimate of drug-likeness (QED) is 0.264. The minimum Gasteiger partial charge on any atom is -0.379 e. The molecule has 1 heterocycles. The van der Waals surface area contributed by atoms with Crippen LogP contribution in [0.2, 0.25) is 0 Å². The fourth-order valence-electron chi connectivity index (χ4n) is 3.05. The van der Waals surface area contributed by atoms with Crippen LogP contribution in [0.4, 0.5) is 5.69 Å². The molecule has 7 heteroatoms. The first-order chi connectivity index (χ1) is 12.8. The first-order valence-corrected chi connectivity index (χ1v) is 9.67. The van der Waals surface area contributed by atoms with E-state index in [9.17, 15) is 0 Å². The molecule has 0 unspecified atom stereocenters. The molecule has 1 saturated carbocycles. The van der Waals surface area contributed by atoms with Gasteiger partial charge in [0.25, 0.3) is 0 Å². The summed E-state index contributed by atoms with van der Waals surface area (Å²) in [6.45, 7) is 6.85. The van der Waals surface area contributed by atoms with Gasteiger partial charge in [0.05, 0.1) is 19.8 Å². The third kappa shape index (κ3) is 7.46. The van der Waals surface area contributed by atoms with Crippen LogP contribution in [0.5, 0.6) is 0 Å². The van der Waals surface area contributed by atoms with Crippen molar-refractivity contribution in [3.05, 3.63) is 29.8 Å². The molecular formula is C20H33IN4O2. The van der Waals surface area contributed by atoms with Crippen molar-refractivity contribution in [2.45, 2.75) is 19.4 Å². The molecule has 152 valence electrons. The van der Waals surface area contributed by atoms with Crippen LogP contribution in [0.25, 0.3) is 0 Å². The normalized spacial score (nSPS) is 17.4. The third-order valence-electron chi connectivity index (χ3n) is 4.96.